The number of anilines is 1. The molecule has 4 heterocycles. The fourth-order valence-corrected chi connectivity index (χ4v) is 3.33. The van der Waals surface area contributed by atoms with Crippen molar-refractivity contribution in [2.24, 2.45) is 0 Å². The van der Waals surface area contributed by atoms with Gasteiger partial charge in [0.25, 0.3) is 0 Å². The lowest BCUT2D eigenvalue weighted by Gasteiger charge is -2.17. The number of rotatable bonds is 5. The number of aryl methyl sites for hydroxylation is 1. The maximum atomic E-state index is 12.1. The van der Waals surface area contributed by atoms with Crippen LogP contribution in [0.4, 0.5) is 5.82 Å². The fourth-order valence-electron chi connectivity index (χ4n) is 3.33. The smallest absolute Gasteiger partial charge is 0.249 e. The molecule has 0 aliphatic carbocycles. The van der Waals surface area contributed by atoms with Gasteiger partial charge in [0.2, 0.25) is 5.91 Å². The second-order valence-corrected chi connectivity index (χ2v) is 6.59. The molecule has 3 aromatic heterocycles. The Morgan fingerprint density at radius 2 is 2.29 bits per heavy atom. The van der Waals surface area contributed by atoms with Gasteiger partial charge < -0.3 is 20.5 Å². The topological polar surface area (TPSA) is 143 Å². The monoisotopic (exact) mass is 386 g/mol. The van der Waals surface area contributed by atoms with E-state index in [4.69, 9.17) is 4.74 Å². The van der Waals surface area contributed by atoms with Gasteiger partial charge in [-0.25, -0.2) is 15.0 Å². The van der Waals surface area contributed by atoms with Crippen molar-refractivity contribution < 1.29 is 14.6 Å². The molecular weight excluding hydrogens is 364 g/mol. The molecule has 1 unspecified atom stereocenters. The lowest BCUT2D eigenvalue weighted by atomic mass is 10.2. The Balaban J connectivity index is 1.76. The number of likely N-dealkylation sites (N-methyl/N-ethyl adjacent to an activating group) is 1. The highest BCUT2D eigenvalue weighted by Gasteiger charge is 2.39. The average molecular weight is 386 g/mol. The average Bonchev–Trinajstić information content (AvgIpc) is 3.39. The maximum absolute atomic E-state index is 12.1. The predicted molar refractivity (Wildman–Crippen MR) is 100 cm³/mol. The van der Waals surface area contributed by atoms with Crippen molar-refractivity contribution in [2.45, 2.75) is 38.7 Å². The van der Waals surface area contributed by atoms with Gasteiger partial charge in [-0.2, -0.15) is 5.10 Å². The summed E-state index contributed by atoms with van der Waals surface area (Å²) in [4.78, 5) is 25.6. The number of nitrogens with zero attached hydrogens (tertiary/aromatic N) is 5. The van der Waals surface area contributed by atoms with Crippen LogP contribution in [0.5, 0.6) is 0 Å². The highest BCUT2D eigenvalue weighted by atomic mass is 16.5. The molecule has 0 aromatic carbocycles. The van der Waals surface area contributed by atoms with Crippen molar-refractivity contribution in [1.29, 1.82) is 0 Å². The third-order valence-corrected chi connectivity index (χ3v) is 4.74. The first-order valence-corrected chi connectivity index (χ1v) is 9.07. The van der Waals surface area contributed by atoms with E-state index < -0.39 is 18.4 Å². The van der Waals surface area contributed by atoms with Crippen LogP contribution in [0.2, 0.25) is 0 Å². The Morgan fingerprint density at radius 3 is 2.96 bits per heavy atom. The summed E-state index contributed by atoms with van der Waals surface area (Å²) in [5.41, 5.74) is 2.64. The maximum Gasteiger partial charge on any atom is 0.249 e. The molecule has 1 amide bonds. The molecule has 3 aromatic rings. The number of aromatic amines is 1. The van der Waals surface area contributed by atoms with Crippen LogP contribution in [0.25, 0.3) is 22.6 Å². The molecule has 1 aliphatic rings. The zero-order chi connectivity index (χ0) is 19.8. The number of ether oxygens (including phenoxy) is 1. The van der Waals surface area contributed by atoms with Crippen LogP contribution in [0.15, 0.2) is 12.5 Å². The number of hydrogen-bond donors (Lipinski definition) is 4. The summed E-state index contributed by atoms with van der Waals surface area (Å²) < 4.78 is 7.47. The molecule has 3 atom stereocenters. The molecule has 0 bridgehead atoms. The van der Waals surface area contributed by atoms with E-state index in [2.05, 4.69) is 35.8 Å². The number of amides is 1. The lowest BCUT2D eigenvalue weighted by molar-refractivity contribution is -0.134. The Kier molecular flexibility index (Phi) is 4.69. The van der Waals surface area contributed by atoms with Crippen molar-refractivity contribution in [1.82, 2.24) is 35.0 Å². The lowest BCUT2D eigenvalue weighted by Crippen LogP contribution is -2.34. The number of fused-ring (bicyclic) bond motifs is 1. The quantitative estimate of drug-likeness (QED) is 0.492. The van der Waals surface area contributed by atoms with Gasteiger partial charge >= 0.3 is 0 Å². The summed E-state index contributed by atoms with van der Waals surface area (Å²) >= 11 is 0. The van der Waals surface area contributed by atoms with Crippen LogP contribution in [0, 0.1) is 6.92 Å². The first-order chi connectivity index (χ1) is 13.5. The second kappa shape index (κ2) is 7.17. The van der Waals surface area contributed by atoms with E-state index in [-0.39, 0.29) is 12.3 Å². The van der Waals surface area contributed by atoms with E-state index >= 15 is 0 Å². The molecule has 0 spiro atoms. The highest BCUT2D eigenvalue weighted by Crippen LogP contribution is 2.33. The molecule has 4 N–H and O–H groups in total. The van der Waals surface area contributed by atoms with E-state index in [0.717, 1.165) is 11.3 Å². The molecule has 11 heteroatoms. The van der Waals surface area contributed by atoms with Crippen molar-refractivity contribution in [3.63, 3.8) is 0 Å². The van der Waals surface area contributed by atoms with Crippen LogP contribution in [0.3, 0.4) is 0 Å². The summed E-state index contributed by atoms with van der Waals surface area (Å²) in [5, 5.41) is 23.1. The van der Waals surface area contributed by atoms with E-state index in [1.807, 2.05) is 13.8 Å². The first kappa shape index (κ1) is 18.3. The molecule has 1 aliphatic heterocycles. The van der Waals surface area contributed by atoms with E-state index in [1.54, 1.807) is 24.1 Å². The minimum Gasteiger partial charge on any atom is -0.388 e. The number of nitrogens with one attached hydrogen (secondary N) is 3. The third kappa shape index (κ3) is 2.98. The predicted octanol–water partition coefficient (Wildman–Crippen LogP) is 0.351. The third-order valence-electron chi connectivity index (χ3n) is 4.74. The van der Waals surface area contributed by atoms with Crippen molar-refractivity contribution in [3.05, 3.63) is 18.2 Å². The molecule has 1 fully saturated rings. The minimum absolute atomic E-state index is 0.202. The summed E-state index contributed by atoms with van der Waals surface area (Å²) in [6.45, 7) is 4.21. The number of aliphatic hydroxyl groups excluding tert-OH is 1. The second-order valence-electron chi connectivity index (χ2n) is 6.59. The van der Waals surface area contributed by atoms with Crippen molar-refractivity contribution >= 4 is 22.9 Å². The number of H-pyrrole nitrogens is 1. The number of aliphatic hydroxyl groups is 1. The van der Waals surface area contributed by atoms with Gasteiger partial charge in [0.15, 0.2) is 29.0 Å². The number of imidazole rings is 1. The Labute approximate surface area is 160 Å². The number of aromatic nitrogens is 6. The summed E-state index contributed by atoms with van der Waals surface area (Å²) in [6, 6.07) is 0. The summed E-state index contributed by atoms with van der Waals surface area (Å²) in [7, 11) is 1.75. The molecule has 11 nitrogen and oxygen atoms in total. The number of carbonyl (C=O) groups is 1. The van der Waals surface area contributed by atoms with E-state index in [1.165, 1.54) is 0 Å². The molecule has 0 saturated carbocycles. The molecule has 148 valence electrons. The standard InChI is InChI=1S/C17H22N8O3/c1-4-19-16(27)11-5-10(26)17(28-11)25-7-20-12-14(18-3)22-13(23-15(12)25)9-6-21-24-8(9)2/h6-7,10-11,17,26H,4-5H2,1-3H3,(H,19,27)(H,21,24)(H,18,22,23)/t10?,11-,17+/m0/s1. The molecule has 28 heavy (non-hydrogen) atoms. The Hall–Kier alpha value is -3.05. The van der Waals surface area contributed by atoms with Crippen LogP contribution in [-0.2, 0) is 9.53 Å². The first-order valence-electron chi connectivity index (χ1n) is 9.07. The summed E-state index contributed by atoms with van der Waals surface area (Å²) in [5.74, 6) is 0.776. The summed E-state index contributed by atoms with van der Waals surface area (Å²) in [6.07, 6.45) is 1.04. The molecule has 4 rings (SSSR count). The van der Waals surface area contributed by atoms with Gasteiger partial charge in [-0.3, -0.25) is 14.5 Å². The highest BCUT2D eigenvalue weighted by molar-refractivity contribution is 5.85. The van der Waals surface area contributed by atoms with E-state index in [0.29, 0.717) is 29.4 Å². The zero-order valence-electron chi connectivity index (χ0n) is 15.8. The fraction of sp³-hybridized carbons (Fsp3) is 0.471. The van der Waals surface area contributed by atoms with Gasteiger partial charge in [-0.1, -0.05) is 0 Å². The Morgan fingerprint density at radius 1 is 1.46 bits per heavy atom. The minimum atomic E-state index is -0.864. The van der Waals surface area contributed by atoms with E-state index in [9.17, 15) is 9.90 Å². The van der Waals surface area contributed by atoms with Crippen LogP contribution in [0.1, 0.15) is 25.3 Å². The van der Waals surface area contributed by atoms with Crippen LogP contribution >= 0.6 is 0 Å². The van der Waals surface area contributed by atoms with Crippen molar-refractivity contribution in [3.8, 4) is 11.4 Å². The largest absolute Gasteiger partial charge is 0.388 e. The van der Waals surface area contributed by atoms with Crippen LogP contribution < -0.4 is 10.6 Å². The number of carbonyl (C=O) groups excluding carboxylic acids is 1. The van der Waals surface area contributed by atoms with Crippen molar-refractivity contribution in [2.75, 3.05) is 18.9 Å². The molecule has 0 radical (unpaired) electrons. The van der Waals surface area contributed by atoms with Gasteiger partial charge in [-0.05, 0) is 13.8 Å². The SMILES string of the molecule is CCNC(=O)[C@@H]1CC(O)[C@H](n2cnc3c(NC)nc(-c4cn[nH]c4C)nc32)O1. The molecular formula is C17H22N8O3. The van der Waals surface area contributed by atoms with Gasteiger partial charge in [-0.15, -0.1) is 0 Å². The number of hydrogen-bond acceptors (Lipinski definition) is 8. The van der Waals surface area contributed by atoms with Gasteiger partial charge in [0.05, 0.1) is 18.1 Å². The molecule has 1 saturated heterocycles. The van der Waals surface area contributed by atoms with Gasteiger partial charge in [0, 0.05) is 25.7 Å². The normalized spacial score (nSPS) is 21.9. The van der Waals surface area contributed by atoms with Crippen LogP contribution in [-0.4, -0.2) is 66.5 Å². The van der Waals surface area contributed by atoms with Gasteiger partial charge in [0.1, 0.15) is 12.2 Å². The Bertz CT molecular complexity index is 1010. The zero-order valence-corrected chi connectivity index (χ0v) is 15.8.